The molecule has 0 fully saturated rings. The lowest BCUT2D eigenvalue weighted by atomic mass is 9.97. The molecule has 182 valence electrons. The molecule has 2 aromatic carbocycles. The second-order valence-electron chi connectivity index (χ2n) is 8.50. The first-order valence-corrected chi connectivity index (χ1v) is 11.3. The zero-order chi connectivity index (χ0) is 25.1. The predicted molar refractivity (Wildman–Crippen MR) is 131 cm³/mol. The highest BCUT2D eigenvalue weighted by molar-refractivity contribution is 6.31. The number of fused-ring (bicyclic) bond motifs is 1. The first-order chi connectivity index (χ1) is 16.8. The Hall–Kier alpha value is -3.63. The van der Waals surface area contributed by atoms with Crippen LogP contribution in [0.2, 0.25) is 5.02 Å². The number of aromatic nitrogens is 4. The highest BCUT2D eigenvalue weighted by Crippen LogP contribution is 2.29. The van der Waals surface area contributed by atoms with Crippen LogP contribution >= 0.6 is 11.6 Å². The molecule has 0 aliphatic carbocycles. The molecule has 0 bridgehead atoms. The van der Waals surface area contributed by atoms with Crippen LogP contribution in [0.4, 0.5) is 10.1 Å². The Morgan fingerprint density at radius 2 is 2.00 bits per heavy atom. The number of likely N-dealkylation sites (N-methyl/N-ethyl adjacent to an activating group) is 2. The van der Waals surface area contributed by atoms with Gasteiger partial charge in [-0.25, -0.2) is 4.39 Å². The molecule has 9 nitrogen and oxygen atoms in total. The Kier molecular flexibility index (Phi) is 7.23. The zero-order valence-corrected chi connectivity index (χ0v) is 20.4. The molecule has 0 atom stereocenters. The third kappa shape index (κ3) is 5.23. The van der Waals surface area contributed by atoms with E-state index in [0.29, 0.717) is 31.7 Å². The number of halogens is 2. The average Bonchev–Trinajstić information content (AvgIpc) is 3.37. The summed E-state index contributed by atoms with van der Waals surface area (Å²) in [6.07, 6.45) is 4.65. The lowest BCUT2D eigenvalue weighted by Crippen LogP contribution is -2.38. The third-order valence-corrected chi connectivity index (χ3v) is 6.13. The van der Waals surface area contributed by atoms with E-state index < -0.39 is 5.82 Å². The summed E-state index contributed by atoms with van der Waals surface area (Å²) in [6, 6.07) is 8.76. The summed E-state index contributed by atoms with van der Waals surface area (Å²) < 4.78 is 16.1. The Labute approximate surface area is 207 Å². The van der Waals surface area contributed by atoms with Crippen molar-refractivity contribution in [3.8, 4) is 5.69 Å². The van der Waals surface area contributed by atoms with Gasteiger partial charge in [-0.1, -0.05) is 23.7 Å². The van der Waals surface area contributed by atoms with Crippen LogP contribution in [0.3, 0.4) is 0 Å². The molecule has 35 heavy (non-hydrogen) atoms. The summed E-state index contributed by atoms with van der Waals surface area (Å²) in [7, 11) is 5.47. The number of carbonyl (C=O) groups excluding carboxylic acids is 2. The van der Waals surface area contributed by atoms with E-state index in [1.807, 2.05) is 37.2 Å². The van der Waals surface area contributed by atoms with Crippen LogP contribution in [0.15, 0.2) is 42.7 Å². The predicted octanol–water partition coefficient (Wildman–Crippen LogP) is 2.58. The molecule has 1 aromatic heterocycles. The molecule has 3 aromatic rings. The van der Waals surface area contributed by atoms with Crippen molar-refractivity contribution in [2.45, 2.75) is 13.0 Å². The van der Waals surface area contributed by atoms with Gasteiger partial charge in [0.2, 0.25) is 11.8 Å². The Morgan fingerprint density at radius 3 is 2.71 bits per heavy atom. The van der Waals surface area contributed by atoms with Gasteiger partial charge in [-0.3, -0.25) is 9.59 Å². The van der Waals surface area contributed by atoms with Crippen LogP contribution in [-0.4, -0.2) is 76.1 Å². The smallest absolute Gasteiger partial charge is 0.246 e. The fraction of sp³-hybridized carbons (Fsp3) is 0.292. The van der Waals surface area contributed by atoms with Gasteiger partial charge in [0.05, 0.1) is 17.3 Å². The number of benzene rings is 2. The number of hydrogen-bond acceptors (Lipinski definition) is 6. The topological polar surface area (TPSA) is 87.5 Å². The van der Waals surface area contributed by atoms with Crippen LogP contribution < -0.4 is 4.90 Å². The standard InChI is InChI=1S/C24H25ClFN7O2/c1-30(2)14-23(35)31(3)20-6-4-5-16-13-32(12-11-17(16)20)22(34)10-7-18-21(33-15-27-28-29-33)9-8-19(25)24(18)26/h4-10,15H,11-14H2,1-3H3. The van der Waals surface area contributed by atoms with Crippen LogP contribution in [0.25, 0.3) is 11.8 Å². The summed E-state index contributed by atoms with van der Waals surface area (Å²) in [4.78, 5) is 30.7. The van der Waals surface area contributed by atoms with E-state index in [1.165, 1.54) is 29.2 Å². The van der Waals surface area contributed by atoms with E-state index in [-0.39, 0.29) is 22.4 Å². The van der Waals surface area contributed by atoms with E-state index in [4.69, 9.17) is 11.6 Å². The lowest BCUT2D eigenvalue weighted by molar-refractivity contribution is -0.126. The molecule has 2 amide bonds. The molecule has 4 rings (SSSR count). The van der Waals surface area contributed by atoms with Crippen molar-refractivity contribution in [2.75, 3.05) is 39.1 Å². The summed E-state index contributed by atoms with van der Waals surface area (Å²) in [5.41, 5.74) is 3.35. The molecule has 1 aliphatic heterocycles. The minimum Gasteiger partial charge on any atom is -0.334 e. The maximum Gasteiger partial charge on any atom is 0.246 e. The summed E-state index contributed by atoms with van der Waals surface area (Å²) in [5, 5.41) is 10.9. The molecule has 0 spiro atoms. The van der Waals surface area contributed by atoms with Crippen LogP contribution in [0.5, 0.6) is 0 Å². The van der Waals surface area contributed by atoms with Gasteiger partial charge in [0, 0.05) is 37.5 Å². The molecular formula is C24H25ClFN7O2. The average molecular weight is 498 g/mol. The molecule has 2 heterocycles. The van der Waals surface area contributed by atoms with Gasteiger partial charge in [-0.2, -0.15) is 4.68 Å². The van der Waals surface area contributed by atoms with Crippen LogP contribution in [0, 0.1) is 5.82 Å². The van der Waals surface area contributed by atoms with Crippen molar-refractivity contribution in [3.05, 3.63) is 70.3 Å². The van der Waals surface area contributed by atoms with Crippen molar-refractivity contribution < 1.29 is 14.0 Å². The van der Waals surface area contributed by atoms with Gasteiger partial charge in [-0.05, 0) is 66.3 Å². The van der Waals surface area contributed by atoms with Gasteiger partial charge >= 0.3 is 0 Å². The van der Waals surface area contributed by atoms with Gasteiger partial charge in [0.1, 0.15) is 6.33 Å². The molecule has 0 N–H and O–H groups in total. The van der Waals surface area contributed by atoms with Crippen molar-refractivity contribution in [3.63, 3.8) is 0 Å². The molecule has 0 saturated carbocycles. The monoisotopic (exact) mass is 497 g/mol. The van der Waals surface area contributed by atoms with Gasteiger partial charge < -0.3 is 14.7 Å². The SMILES string of the molecule is CN(C)CC(=O)N(C)c1cccc2c1CCN(C(=O)C=Cc1c(-n3cnnn3)ccc(Cl)c1F)C2. The maximum atomic E-state index is 14.8. The first kappa shape index (κ1) is 24.5. The summed E-state index contributed by atoms with van der Waals surface area (Å²) in [5.74, 6) is -0.935. The van der Waals surface area contributed by atoms with Crippen LogP contribution in [0.1, 0.15) is 16.7 Å². The second kappa shape index (κ2) is 10.3. The fourth-order valence-corrected chi connectivity index (χ4v) is 4.21. The molecule has 0 saturated heterocycles. The number of anilines is 1. The van der Waals surface area contributed by atoms with Crippen molar-refractivity contribution in [2.24, 2.45) is 0 Å². The minimum absolute atomic E-state index is 0.00762. The molecule has 0 radical (unpaired) electrons. The quantitative estimate of drug-likeness (QED) is 0.486. The Bertz CT molecular complexity index is 1280. The molecular weight excluding hydrogens is 473 g/mol. The van der Waals surface area contributed by atoms with E-state index in [0.717, 1.165) is 16.8 Å². The normalized spacial score (nSPS) is 13.4. The minimum atomic E-state index is -0.664. The number of nitrogens with zero attached hydrogens (tertiary/aromatic N) is 7. The van der Waals surface area contributed by atoms with Crippen molar-refractivity contribution in [1.82, 2.24) is 30.0 Å². The van der Waals surface area contributed by atoms with E-state index in [1.54, 1.807) is 22.9 Å². The number of carbonyl (C=O) groups is 2. The molecule has 1 aliphatic rings. The summed E-state index contributed by atoms with van der Waals surface area (Å²) >= 11 is 5.96. The summed E-state index contributed by atoms with van der Waals surface area (Å²) in [6.45, 7) is 1.17. The van der Waals surface area contributed by atoms with Crippen LogP contribution in [-0.2, 0) is 22.6 Å². The molecule has 0 unspecified atom stereocenters. The van der Waals surface area contributed by atoms with Gasteiger partial charge in [0.25, 0.3) is 0 Å². The zero-order valence-electron chi connectivity index (χ0n) is 19.7. The van der Waals surface area contributed by atoms with E-state index in [9.17, 15) is 14.0 Å². The van der Waals surface area contributed by atoms with Crippen molar-refractivity contribution in [1.29, 1.82) is 0 Å². The van der Waals surface area contributed by atoms with Gasteiger partial charge in [0.15, 0.2) is 5.82 Å². The number of tetrazole rings is 1. The highest BCUT2D eigenvalue weighted by atomic mass is 35.5. The second-order valence-corrected chi connectivity index (χ2v) is 8.90. The lowest BCUT2D eigenvalue weighted by Gasteiger charge is -2.31. The fourth-order valence-electron chi connectivity index (χ4n) is 4.05. The Balaban J connectivity index is 1.54. The molecule has 11 heteroatoms. The third-order valence-electron chi connectivity index (χ3n) is 5.84. The first-order valence-electron chi connectivity index (χ1n) is 11.0. The van der Waals surface area contributed by atoms with Crippen molar-refractivity contribution >= 4 is 35.2 Å². The number of amides is 2. The number of hydrogen-bond donors (Lipinski definition) is 0. The maximum absolute atomic E-state index is 14.8. The largest absolute Gasteiger partial charge is 0.334 e. The van der Waals surface area contributed by atoms with Gasteiger partial charge in [-0.15, -0.1) is 5.10 Å². The highest BCUT2D eigenvalue weighted by Gasteiger charge is 2.24. The van der Waals surface area contributed by atoms with E-state index in [2.05, 4.69) is 15.5 Å². The van der Waals surface area contributed by atoms with E-state index >= 15 is 0 Å². The number of rotatable bonds is 6. The Morgan fingerprint density at radius 1 is 1.20 bits per heavy atom.